The molecule has 112 valence electrons. The van der Waals surface area contributed by atoms with Crippen LogP contribution in [-0.2, 0) is 6.54 Å². The summed E-state index contributed by atoms with van der Waals surface area (Å²) >= 11 is 1.70. The smallest absolute Gasteiger partial charge is 0.194 e. The predicted molar refractivity (Wildman–Crippen MR) is 84.4 cm³/mol. The molecule has 5 heteroatoms. The number of imidazole rings is 1. The number of rotatable bonds is 8. The second kappa shape index (κ2) is 7.20. The van der Waals surface area contributed by atoms with Gasteiger partial charge in [0.05, 0.1) is 11.4 Å². The molecule has 0 aliphatic rings. The van der Waals surface area contributed by atoms with Gasteiger partial charge in [0.25, 0.3) is 0 Å². The van der Waals surface area contributed by atoms with Gasteiger partial charge in [-0.05, 0) is 39.2 Å². The molecule has 4 nitrogen and oxygen atoms in total. The lowest BCUT2D eigenvalue weighted by Crippen LogP contribution is -2.24. The number of aryl methyl sites for hydroxylation is 2. The average Bonchev–Trinajstić information content (AvgIpc) is 2.91. The maximum absolute atomic E-state index is 9.10. The maximum Gasteiger partial charge on any atom is 0.194 e. The standard InChI is InChI=1S/C15H25N3OS/c1-4-5-13(6-7-19)8-16-9-14-12(3)17-15-18(14)11(2)10-20-15/h10,13,16,19H,4-9H2,1-3H3. The molecule has 2 heterocycles. The molecule has 2 N–H and O–H groups in total. The van der Waals surface area contributed by atoms with Gasteiger partial charge in [-0.3, -0.25) is 4.40 Å². The Labute approximate surface area is 124 Å². The zero-order valence-electron chi connectivity index (χ0n) is 12.6. The molecular formula is C15H25N3OS. The first-order valence-electron chi connectivity index (χ1n) is 7.41. The fraction of sp³-hybridized carbons (Fsp3) is 0.667. The summed E-state index contributed by atoms with van der Waals surface area (Å²) in [7, 11) is 0. The molecule has 0 aliphatic carbocycles. The summed E-state index contributed by atoms with van der Waals surface area (Å²) in [5, 5.41) is 14.8. The first kappa shape index (κ1) is 15.5. The van der Waals surface area contributed by atoms with Gasteiger partial charge in [-0.2, -0.15) is 0 Å². The number of aromatic nitrogens is 2. The van der Waals surface area contributed by atoms with Crippen molar-refractivity contribution in [2.75, 3.05) is 13.2 Å². The SMILES string of the molecule is CCCC(CCO)CNCc1c(C)nc2scc(C)n12. The van der Waals surface area contributed by atoms with Gasteiger partial charge in [0.1, 0.15) is 0 Å². The molecular weight excluding hydrogens is 270 g/mol. The molecule has 0 aromatic carbocycles. The first-order chi connectivity index (χ1) is 9.67. The van der Waals surface area contributed by atoms with E-state index in [1.807, 2.05) is 0 Å². The van der Waals surface area contributed by atoms with E-state index in [0.29, 0.717) is 5.92 Å². The third-order valence-electron chi connectivity index (χ3n) is 3.79. The topological polar surface area (TPSA) is 49.6 Å². The molecule has 0 bridgehead atoms. The first-order valence-corrected chi connectivity index (χ1v) is 8.28. The van der Waals surface area contributed by atoms with Gasteiger partial charge < -0.3 is 10.4 Å². The Bertz CT molecular complexity index is 541. The Hall–Kier alpha value is -0.910. The number of fused-ring (bicyclic) bond motifs is 1. The van der Waals surface area contributed by atoms with Crippen molar-refractivity contribution in [1.82, 2.24) is 14.7 Å². The quantitative estimate of drug-likeness (QED) is 0.787. The third kappa shape index (κ3) is 3.40. The van der Waals surface area contributed by atoms with Gasteiger partial charge in [0, 0.05) is 24.2 Å². The number of hydrogen-bond donors (Lipinski definition) is 2. The number of nitrogens with zero attached hydrogens (tertiary/aromatic N) is 2. The largest absolute Gasteiger partial charge is 0.396 e. The van der Waals surface area contributed by atoms with Crippen molar-refractivity contribution in [2.24, 2.45) is 5.92 Å². The van der Waals surface area contributed by atoms with Gasteiger partial charge in [0.2, 0.25) is 0 Å². The Morgan fingerprint density at radius 2 is 2.20 bits per heavy atom. The fourth-order valence-electron chi connectivity index (χ4n) is 2.71. The summed E-state index contributed by atoms with van der Waals surface area (Å²) in [6.45, 7) is 8.49. The highest BCUT2D eigenvalue weighted by Gasteiger charge is 2.13. The molecule has 0 radical (unpaired) electrons. The van der Waals surface area contributed by atoms with Crippen molar-refractivity contribution in [3.63, 3.8) is 0 Å². The number of thiazole rings is 1. The van der Waals surface area contributed by atoms with Crippen LogP contribution in [-0.4, -0.2) is 27.6 Å². The van der Waals surface area contributed by atoms with Crippen LogP contribution in [0.15, 0.2) is 5.38 Å². The molecule has 0 saturated heterocycles. The van der Waals surface area contributed by atoms with E-state index >= 15 is 0 Å². The van der Waals surface area contributed by atoms with Crippen molar-refractivity contribution in [2.45, 2.75) is 46.6 Å². The highest BCUT2D eigenvalue weighted by atomic mass is 32.1. The molecule has 0 spiro atoms. The Morgan fingerprint density at radius 3 is 2.90 bits per heavy atom. The minimum Gasteiger partial charge on any atom is -0.396 e. The van der Waals surface area contributed by atoms with Crippen LogP contribution in [0.2, 0.25) is 0 Å². The molecule has 1 unspecified atom stereocenters. The van der Waals surface area contributed by atoms with Crippen molar-refractivity contribution in [1.29, 1.82) is 0 Å². The zero-order valence-corrected chi connectivity index (χ0v) is 13.5. The lowest BCUT2D eigenvalue weighted by Gasteiger charge is -2.15. The minimum atomic E-state index is 0.284. The maximum atomic E-state index is 9.10. The molecule has 2 aromatic rings. The van der Waals surface area contributed by atoms with E-state index in [-0.39, 0.29) is 6.61 Å². The van der Waals surface area contributed by atoms with Gasteiger partial charge in [-0.25, -0.2) is 4.98 Å². The summed E-state index contributed by atoms with van der Waals surface area (Å²) in [5.41, 5.74) is 3.63. The highest BCUT2D eigenvalue weighted by Crippen LogP contribution is 2.20. The summed E-state index contributed by atoms with van der Waals surface area (Å²) in [6.07, 6.45) is 3.23. The van der Waals surface area contributed by atoms with E-state index in [4.69, 9.17) is 5.11 Å². The summed E-state index contributed by atoms with van der Waals surface area (Å²) in [4.78, 5) is 5.69. The van der Waals surface area contributed by atoms with Crippen molar-refractivity contribution < 1.29 is 5.11 Å². The number of aliphatic hydroxyl groups excluding tert-OH is 1. The molecule has 2 aromatic heterocycles. The minimum absolute atomic E-state index is 0.284. The van der Waals surface area contributed by atoms with Crippen LogP contribution >= 0.6 is 11.3 Å². The molecule has 0 amide bonds. The second-order valence-electron chi connectivity index (χ2n) is 5.44. The van der Waals surface area contributed by atoms with Crippen LogP contribution in [0.5, 0.6) is 0 Å². The Morgan fingerprint density at radius 1 is 1.40 bits per heavy atom. The fourth-order valence-corrected chi connectivity index (χ4v) is 3.64. The monoisotopic (exact) mass is 295 g/mol. The van der Waals surface area contributed by atoms with Crippen molar-refractivity contribution >= 4 is 16.3 Å². The average molecular weight is 295 g/mol. The summed E-state index contributed by atoms with van der Waals surface area (Å²) in [5.74, 6) is 0.567. The van der Waals surface area contributed by atoms with Crippen LogP contribution in [0.3, 0.4) is 0 Å². The molecule has 0 aliphatic heterocycles. The molecule has 0 saturated carbocycles. The van der Waals surface area contributed by atoms with Crippen LogP contribution in [0.1, 0.15) is 43.3 Å². The van der Waals surface area contributed by atoms with Gasteiger partial charge in [0.15, 0.2) is 4.96 Å². The number of nitrogens with one attached hydrogen (secondary N) is 1. The van der Waals surface area contributed by atoms with Crippen LogP contribution in [0, 0.1) is 19.8 Å². The van der Waals surface area contributed by atoms with Crippen LogP contribution in [0.25, 0.3) is 4.96 Å². The lowest BCUT2D eigenvalue weighted by atomic mass is 10.0. The molecule has 1 atom stereocenters. The van der Waals surface area contributed by atoms with Gasteiger partial charge >= 0.3 is 0 Å². The number of hydrogen-bond acceptors (Lipinski definition) is 4. The highest BCUT2D eigenvalue weighted by molar-refractivity contribution is 7.15. The summed E-state index contributed by atoms with van der Waals surface area (Å²) in [6, 6.07) is 0. The summed E-state index contributed by atoms with van der Waals surface area (Å²) < 4.78 is 2.24. The van der Waals surface area contributed by atoms with Gasteiger partial charge in [-0.15, -0.1) is 11.3 Å². The Balaban J connectivity index is 1.98. The van der Waals surface area contributed by atoms with Crippen LogP contribution in [0.4, 0.5) is 0 Å². The van der Waals surface area contributed by atoms with Crippen molar-refractivity contribution in [3.8, 4) is 0 Å². The third-order valence-corrected chi connectivity index (χ3v) is 4.73. The van der Waals surface area contributed by atoms with E-state index in [9.17, 15) is 0 Å². The van der Waals surface area contributed by atoms with E-state index in [1.165, 1.54) is 24.2 Å². The molecule has 20 heavy (non-hydrogen) atoms. The van der Waals surface area contributed by atoms with E-state index < -0.39 is 0 Å². The van der Waals surface area contributed by atoms with E-state index in [0.717, 1.165) is 30.2 Å². The van der Waals surface area contributed by atoms with Crippen LogP contribution < -0.4 is 5.32 Å². The van der Waals surface area contributed by atoms with E-state index in [2.05, 4.69) is 40.9 Å². The normalized spacial score (nSPS) is 13.2. The zero-order chi connectivity index (χ0) is 14.5. The lowest BCUT2D eigenvalue weighted by molar-refractivity contribution is 0.248. The van der Waals surface area contributed by atoms with E-state index in [1.54, 1.807) is 11.3 Å². The Kier molecular flexibility index (Phi) is 5.57. The number of aliphatic hydroxyl groups is 1. The molecule has 2 rings (SSSR count). The molecule has 0 fully saturated rings. The van der Waals surface area contributed by atoms with Crippen molar-refractivity contribution in [3.05, 3.63) is 22.5 Å². The second-order valence-corrected chi connectivity index (χ2v) is 6.27. The van der Waals surface area contributed by atoms with Gasteiger partial charge in [-0.1, -0.05) is 13.3 Å². The predicted octanol–water partition coefficient (Wildman–Crippen LogP) is 2.90.